The number of nitrogens with one attached hydrogen (secondary N) is 1. The van der Waals surface area contributed by atoms with Gasteiger partial charge in [-0.25, -0.2) is 0 Å². The third-order valence-corrected chi connectivity index (χ3v) is 5.94. The van der Waals surface area contributed by atoms with Crippen LogP contribution in [0.1, 0.15) is 43.2 Å². The van der Waals surface area contributed by atoms with Gasteiger partial charge in [0.25, 0.3) is 0 Å². The summed E-state index contributed by atoms with van der Waals surface area (Å²) < 4.78 is 2.13. The van der Waals surface area contributed by atoms with Crippen molar-refractivity contribution in [3.8, 4) is 11.4 Å². The molecule has 1 fully saturated rings. The number of carbonyl (C=O) groups excluding carboxylic acids is 1. The molecule has 0 saturated heterocycles. The van der Waals surface area contributed by atoms with Gasteiger partial charge < -0.3 is 5.32 Å². The summed E-state index contributed by atoms with van der Waals surface area (Å²) in [5.74, 6) is 1.37. The smallest absolute Gasteiger partial charge is 0.230 e. The average Bonchev–Trinajstić information content (AvgIpc) is 3.11. The van der Waals surface area contributed by atoms with Crippen molar-refractivity contribution in [2.24, 2.45) is 0 Å². The van der Waals surface area contributed by atoms with E-state index in [2.05, 4.69) is 53.2 Å². The maximum Gasteiger partial charge on any atom is 0.230 e. The molecule has 7 heteroatoms. The van der Waals surface area contributed by atoms with E-state index in [0.717, 1.165) is 29.4 Å². The zero-order valence-corrected chi connectivity index (χ0v) is 15.6. The summed E-state index contributed by atoms with van der Waals surface area (Å²) in [6.07, 6.45) is 2.22. The summed E-state index contributed by atoms with van der Waals surface area (Å²) in [7, 11) is 0. The minimum Gasteiger partial charge on any atom is -0.353 e. The average molecular weight is 351 g/mol. The highest BCUT2D eigenvalue weighted by Crippen LogP contribution is 2.33. The van der Waals surface area contributed by atoms with Crippen LogP contribution in [0.15, 0.2) is 10.5 Å². The SMILES string of the molecule is Cc1scc(-c2nnc(SCC(=O)NC3CC3)n2C(C)C)c1C. The van der Waals surface area contributed by atoms with E-state index in [1.165, 1.54) is 22.2 Å². The normalized spacial score (nSPS) is 14.5. The zero-order chi connectivity index (χ0) is 16.6. The van der Waals surface area contributed by atoms with Crippen LogP contribution < -0.4 is 5.32 Å². The minimum atomic E-state index is 0.0833. The summed E-state index contributed by atoms with van der Waals surface area (Å²) in [5.41, 5.74) is 2.40. The molecule has 0 aliphatic heterocycles. The molecule has 3 rings (SSSR count). The van der Waals surface area contributed by atoms with Crippen LogP contribution in [0.2, 0.25) is 0 Å². The molecule has 0 unspecified atom stereocenters. The number of thiophene rings is 1. The zero-order valence-electron chi connectivity index (χ0n) is 13.9. The fourth-order valence-electron chi connectivity index (χ4n) is 2.39. The molecule has 5 nitrogen and oxygen atoms in total. The summed E-state index contributed by atoms with van der Waals surface area (Å²) in [4.78, 5) is 13.2. The van der Waals surface area contributed by atoms with E-state index in [0.29, 0.717) is 11.8 Å². The quantitative estimate of drug-likeness (QED) is 0.809. The standard InChI is InChI=1S/C16H22N4OS2/c1-9(2)20-15(13-7-22-11(4)10(13)3)18-19-16(20)23-8-14(21)17-12-5-6-12/h7,9,12H,5-6,8H2,1-4H3,(H,17,21). The summed E-state index contributed by atoms with van der Waals surface area (Å²) >= 11 is 3.20. The minimum absolute atomic E-state index is 0.0833. The number of hydrogen-bond donors (Lipinski definition) is 1. The van der Waals surface area contributed by atoms with Crippen LogP contribution in [0.5, 0.6) is 0 Å². The maximum atomic E-state index is 11.9. The molecule has 0 aromatic carbocycles. The van der Waals surface area contributed by atoms with Crippen LogP contribution in [0, 0.1) is 13.8 Å². The topological polar surface area (TPSA) is 59.8 Å². The number of aryl methyl sites for hydroxylation is 1. The van der Waals surface area contributed by atoms with Crippen LogP contribution in [0.25, 0.3) is 11.4 Å². The lowest BCUT2D eigenvalue weighted by atomic mass is 10.1. The molecule has 2 aromatic rings. The van der Waals surface area contributed by atoms with Crippen molar-refractivity contribution >= 4 is 29.0 Å². The predicted molar refractivity (Wildman–Crippen MR) is 95.1 cm³/mol. The van der Waals surface area contributed by atoms with E-state index in [1.54, 1.807) is 11.3 Å². The Labute approximate surface area is 144 Å². The molecule has 0 atom stereocenters. The van der Waals surface area contributed by atoms with E-state index in [4.69, 9.17) is 0 Å². The van der Waals surface area contributed by atoms with Crippen LogP contribution in [-0.4, -0.2) is 32.5 Å². The molecular weight excluding hydrogens is 328 g/mol. The second kappa shape index (κ2) is 6.65. The molecular formula is C16H22N4OS2. The van der Waals surface area contributed by atoms with Gasteiger partial charge in [0.1, 0.15) is 0 Å². The monoisotopic (exact) mass is 350 g/mol. The highest BCUT2D eigenvalue weighted by atomic mass is 32.2. The van der Waals surface area contributed by atoms with Gasteiger partial charge in [0.2, 0.25) is 5.91 Å². The van der Waals surface area contributed by atoms with Crippen molar-refractivity contribution < 1.29 is 4.79 Å². The number of thioether (sulfide) groups is 1. The first kappa shape index (κ1) is 16.5. The summed E-state index contributed by atoms with van der Waals surface area (Å²) in [6.45, 7) is 8.49. The van der Waals surface area contributed by atoms with Crippen molar-refractivity contribution in [2.45, 2.75) is 57.8 Å². The molecule has 1 saturated carbocycles. The summed E-state index contributed by atoms with van der Waals surface area (Å²) in [6, 6.07) is 0.645. The maximum absolute atomic E-state index is 11.9. The van der Waals surface area contributed by atoms with Gasteiger partial charge >= 0.3 is 0 Å². The molecule has 0 bridgehead atoms. The third kappa shape index (κ3) is 3.61. The highest BCUT2D eigenvalue weighted by Gasteiger charge is 2.24. The molecule has 124 valence electrons. The first-order chi connectivity index (χ1) is 11.0. The van der Waals surface area contributed by atoms with Gasteiger partial charge in [-0.3, -0.25) is 9.36 Å². The number of rotatable bonds is 6. The van der Waals surface area contributed by atoms with Crippen molar-refractivity contribution in [3.63, 3.8) is 0 Å². The van der Waals surface area contributed by atoms with E-state index in [9.17, 15) is 4.79 Å². The second-order valence-electron chi connectivity index (χ2n) is 6.23. The van der Waals surface area contributed by atoms with Gasteiger partial charge in [0, 0.05) is 27.9 Å². The van der Waals surface area contributed by atoms with Crippen molar-refractivity contribution in [2.75, 3.05) is 5.75 Å². The molecule has 1 aliphatic rings. The lowest BCUT2D eigenvalue weighted by molar-refractivity contribution is -0.118. The Morgan fingerprint density at radius 1 is 1.43 bits per heavy atom. The first-order valence-corrected chi connectivity index (χ1v) is 9.76. The molecule has 1 N–H and O–H groups in total. The Hall–Kier alpha value is -1.34. The Bertz CT molecular complexity index is 716. The Morgan fingerprint density at radius 2 is 2.17 bits per heavy atom. The van der Waals surface area contributed by atoms with Crippen LogP contribution in [-0.2, 0) is 4.79 Å². The number of carbonyl (C=O) groups is 1. The largest absolute Gasteiger partial charge is 0.353 e. The van der Waals surface area contributed by atoms with E-state index < -0.39 is 0 Å². The predicted octanol–water partition coefficient (Wildman–Crippen LogP) is 3.58. The fourth-order valence-corrected chi connectivity index (χ4v) is 4.13. The Balaban J connectivity index is 1.80. The fraction of sp³-hybridized carbons (Fsp3) is 0.562. The third-order valence-electron chi connectivity index (χ3n) is 3.98. The molecule has 2 heterocycles. The highest BCUT2D eigenvalue weighted by molar-refractivity contribution is 7.99. The molecule has 0 spiro atoms. The van der Waals surface area contributed by atoms with Crippen LogP contribution >= 0.6 is 23.1 Å². The van der Waals surface area contributed by atoms with Gasteiger partial charge in [-0.2, -0.15) is 0 Å². The number of hydrogen-bond acceptors (Lipinski definition) is 5. The summed E-state index contributed by atoms with van der Waals surface area (Å²) in [5, 5.41) is 14.7. The van der Waals surface area contributed by atoms with Crippen LogP contribution in [0.4, 0.5) is 0 Å². The number of amides is 1. The second-order valence-corrected chi connectivity index (χ2v) is 8.26. The number of nitrogens with zero attached hydrogens (tertiary/aromatic N) is 3. The first-order valence-electron chi connectivity index (χ1n) is 7.89. The molecule has 23 heavy (non-hydrogen) atoms. The van der Waals surface area contributed by atoms with Crippen molar-refractivity contribution in [1.29, 1.82) is 0 Å². The lowest BCUT2D eigenvalue weighted by Gasteiger charge is -2.13. The Kier molecular flexibility index (Phi) is 4.77. The van der Waals surface area contributed by atoms with Gasteiger partial charge in [0.05, 0.1) is 5.75 Å². The Morgan fingerprint density at radius 3 is 2.74 bits per heavy atom. The van der Waals surface area contributed by atoms with Crippen molar-refractivity contribution in [1.82, 2.24) is 20.1 Å². The molecule has 1 amide bonds. The molecule has 1 aliphatic carbocycles. The number of aromatic nitrogens is 3. The molecule has 0 radical (unpaired) electrons. The van der Waals surface area contributed by atoms with Gasteiger partial charge in [-0.1, -0.05) is 11.8 Å². The van der Waals surface area contributed by atoms with Gasteiger partial charge in [-0.15, -0.1) is 21.5 Å². The van der Waals surface area contributed by atoms with E-state index >= 15 is 0 Å². The molecule has 2 aromatic heterocycles. The lowest BCUT2D eigenvalue weighted by Crippen LogP contribution is -2.27. The van der Waals surface area contributed by atoms with Crippen LogP contribution in [0.3, 0.4) is 0 Å². The van der Waals surface area contributed by atoms with Crippen molar-refractivity contribution in [3.05, 3.63) is 15.8 Å². The van der Waals surface area contributed by atoms with E-state index in [-0.39, 0.29) is 11.9 Å². The van der Waals surface area contributed by atoms with Gasteiger partial charge in [-0.05, 0) is 46.1 Å². The van der Waals surface area contributed by atoms with Gasteiger partial charge in [0.15, 0.2) is 11.0 Å². The van der Waals surface area contributed by atoms with E-state index in [1.807, 2.05) is 0 Å².